The predicted molar refractivity (Wildman–Crippen MR) is 136 cm³/mol. The summed E-state index contributed by atoms with van der Waals surface area (Å²) >= 11 is 1.27. The first kappa shape index (κ1) is 24.2. The van der Waals surface area contributed by atoms with Crippen molar-refractivity contribution in [1.29, 1.82) is 0 Å². The number of nitro benzene ring substituents is 1. The number of ether oxygens (including phenoxy) is 1. The number of carbonyl (C=O) groups is 1. The molecule has 10 heteroatoms. The summed E-state index contributed by atoms with van der Waals surface area (Å²) in [4.78, 5) is 22.9. The van der Waals surface area contributed by atoms with Crippen molar-refractivity contribution in [3.63, 3.8) is 0 Å². The molecule has 35 heavy (non-hydrogen) atoms. The van der Waals surface area contributed by atoms with Gasteiger partial charge in [0.05, 0.1) is 10.7 Å². The Balaban J connectivity index is 1.39. The van der Waals surface area contributed by atoms with E-state index in [1.807, 2.05) is 42.7 Å². The molecular formula is C25H25N5O4S. The summed E-state index contributed by atoms with van der Waals surface area (Å²) < 4.78 is 7.99. The van der Waals surface area contributed by atoms with Crippen LogP contribution in [0.2, 0.25) is 0 Å². The maximum atomic E-state index is 12.5. The molecule has 0 saturated heterocycles. The van der Waals surface area contributed by atoms with E-state index in [1.54, 1.807) is 6.92 Å². The number of aryl methyl sites for hydroxylation is 2. The van der Waals surface area contributed by atoms with Crippen molar-refractivity contribution >= 4 is 39.8 Å². The summed E-state index contributed by atoms with van der Waals surface area (Å²) in [5, 5.41) is 25.1. The standard InChI is InChI=1S/C25H25N5O4S/c1-4-29-23(14-34-22-12-9-18-7-5-6-8-20(18)17(22)3)27-28-25(29)35-15-24(31)26-21-11-10-19(30(32)33)13-16(21)2/h5-13H,4,14-15H2,1-3H3,(H,26,31). The highest BCUT2D eigenvalue weighted by Gasteiger charge is 2.16. The van der Waals surface area contributed by atoms with E-state index in [-0.39, 0.29) is 24.0 Å². The Morgan fingerprint density at radius 3 is 2.69 bits per heavy atom. The van der Waals surface area contributed by atoms with Gasteiger partial charge in [-0.25, -0.2) is 0 Å². The fourth-order valence-electron chi connectivity index (χ4n) is 3.77. The van der Waals surface area contributed by atoms with Gasteiger partial charge in [-0.3, -0.25) is 14.9 Å². The Hall–Kier alpha value is -3.92. The third-order valence-corrected chi connectivity index (χ3v) is 6.61. The molecule has 0 fully saturated rings. The van der Waals surface area contributed by atoms with Gasteiger partial charge in [-0.2, -0.15) is 0 Å². The minimum Gasteiger partial charge on any atom is -0.485 e. The van der Waals surface area contributed by atoms with Crippen LogP contribution in [0, 0.1) is 24.0 Å². The summed E-state index contributed by atoms with van der Waals surface area (Å²) in [7, 11) is 0. The first-order valence-electron chi connectivity index (χ1n) is 11.1. The lowest BCUT2D eigenvalue weighted by atomic mass is 10.0. The average Bonchev–Trinajstić information content (AvgIpc) is 3.25. The SMILES string of the molecule is CCn1c(COc2ccc3ccccc3c2C)nnc1SCC(=O)Nc1ccc([N+](=O)[O-])cc1C. The van der Waals surface area contributed by atoms with Crippen molar-refractivity contribution in [1.82, 2.24) is 14.8 Å². The van der Waals surface area contributed by atoms with Crippen molar-refractivity contribution in [2.45, 2.75) is 39.1 Å². The smallest absolute Gasteiger partial charge is 0.269 e. The van der Waals surface area contributed by atoms with Crippen LogP contribution in [0.4, 0.5) is 11.4 Å². The molecule has 9 nitrogen and oxygen atoms in total. The number of hydrogen-bond acceptors (Lipinski definition) is 7. The molecular weight excluding hydrogens is 466 g/mol. The lowest BCUT2D eigenvalue weighted by Gasteiger charge is -2.12. The molecule has 0 aliphatic heterocycles. The molecule has 0 aliphatic carbocycles. The van der Waals surface area contributed by atoms with Gasteiger partial charge in [0.25, 0.3) is 5.69 Å². The molecule has 4 aromatic rings. The molecule has 4 rings (SSSR count). The number of fused-ring (bicyclic) bond motifs is 1. The van der Waals surface area contributed by atoms with Gasteiger partial charge >= 0.3 is 0 Å². The molecule has 1 N–H and O–H groups in total. The lowest BCUT2D eigenvalue weighted by Crippen LogP contribution is -2.15. The second-order valence-corrected chi connectivity index (χ2v) is 8.88. The van der Waals surface area contributed by atoms with Gasteiger partial charge in [-0.15, -0.1) is 10.2 Å². The lowest BCUT2D eigenvalue weighted by molar-refractivity contribution is -0.384. The Labute approximate surface area is 206 Å². The van der Waals surface area contributed by atoms with Gasteiger partial charge in [-0.05, 0) is 54.8 Å². The van der Waals surface area contributed by atoms with Crippen LogP contribution >= 0.6 is 11.8 Å². The van der Waals surface area contributed by atoms with Gasteiger partial charge in [0, 0.05) is 24.4 Å². The molecule has 0 unspecified atom stereocenters. The first-order valence-corrected chi connectivity index (χ1v) is 12.1. The summed E-state index contributed by atoms with van der Waals surface area (Å²) in [5.74, 6) is 1.36. The summed E-state index contributed by atoms with van der Waals surface area (Å²) in [6, 6.07) is 16.5. The molecule has 1 aromatic heterocycles. The summed E-state index contributed by atoms with van der Waals surface area (Å²) in [6.07, 6.45) is 0. The van der Waals surface area contributed by atoms with E-state index in [9.17, 15) is 14.9 Å². The van der Waals surface area contributed by atoms with Gasteiger partial charge in [0.15, 0.2) is 11.0 Å². The summed E-state index contributed by atoms with van der Waals surface area (Å²) in [5.41, 5.74) is 2.22. The third-order valence-electron chi connectivity index (χ3n) is 5.64. The number of nitrogens with one attached hydrogen (secondary N) is 1. The number of rotatable bonds is 9. The fraction of sp³-hybridized carbons (Fsp3) is 0.240. The summed E-state index contributed by atoms with van der Waals surface area (Å²) in [6.45, 7) is 6.63. The zero-order valence-electron chi connectivity index (χ0n) is 19.6. The van der Waals surface area contributed by atoms with E-state index in [0.717, 1.165) is 22.1 Å². The molecule has 1 amide bonds. The third kappa shape index (κ3) is 5.43. The highest BCUT2D eigenvalue weighted by molar-refractivity contribution is 7.99. The second-order valence-electron chi connectivity index (χ2n) is 7.93. The topological polar surface area (TPSA) is 112 Å². The van der Waals surface area contributed by atoms with Gasteiger partial charge in [0.2, 0.25) is 5.91 Å². The average molecular weight is 492 g/mol. The van der Waals surface area contributed by atoms with Crippen LogP contribution in [0.1, 0.15) is 23.9 Å². The van der Waals surface area contributed by atoms with E-state index in [1.165, 1.54) is 30.0 Å². The van der Waals surface area contributed by atoms with E-state index >= 15 is 0 Å². The molecule has 180 valence electrons. The number of non-ortho nitro benzene ring substituents is 1. The normalized spacial score (nSPS) is 10.9. The Kier molecular flexibility index (Phi) is 7.31. The zero-order valence-corrected chi connectivity index (χ0v) is 20.5. The second kappa shape index (κ2) is 10.6. The zero-order chi connectivity index (χ0) is 24.9. The van der Waals surface area contributed by atoms with Crippen LogP contribution in [0.3, 0.4) is 0 Å². The molecule has 0 aliphatic rings. The monoisotopic (exact) mass is 491 g/mol. The van der Waals surface area contributed by atoms with Crippen molar-refractivity contribution in [2.75, 3.05) is 11.1 Å². The molecule has 0 radical (unpaired) electrons. The fourth-order valence-corrected chi connectivity index (χ4v) is 4.60. The molecule has 0 bridgehead atoms. The first-order chi connectivity index (χ1) is 16.9. The van der Waals surface area contributed by atoms with Gasteiger partial charge in [0.1, 0.15) is 12.4 Å². The number of hydrogen-bond donors (Lipinski definition) is 1. The van der Waals surface area contributed by atoms with E-state index in [0.29, 0.717) is 28.8 Å². The van der Waals surface area contributed by atoms with Crippen LogP contribution in [0.15, 0.2) is 59.8 Å². The van der Waals surface area contributed by atoms with Crippen LogP contribution < -0.4 is 10.1 Å². The Morgan fingerprint density at radius 1 is 1.14 bits per heavy atom. The van der Waals surface area contributed by atoms with Crippen LogP contribution in [-0.2, 0) is 17.9 Å². The molecule has 1 heterocycles. The minimum absolute atomic E-state index is 0.0143. The quantitative estimate of drug-likeness (QED) is 0.192. The molecule has 0 spiro atoms. The van der Waals surface area contributed by atoms with Crippen molar-refractivity contribution in [2.24, 2.45) is 0 Å². The number of thioether (sulfide) groups is 1. The largest absolute Gasteiger partial charge is 0.485 e. The van der Waals surface area contributed by atoms with Gasteiger partial charge < -0.3 is 14.6 Å². The van der Waals surface area contributed by atoms with E-state index < -0.39 is 4.92 Å². The molecule has 0 saturated carbocycles. The van der Waals surface area contributed by atoms with Crippen LogP contribution in [0.25, 0.3) is 10.8 Å². The Morgan fingerprint density at radius 2 is 1.94 bits per heavy atom. The molecule has 0 atom stereocenters. The van der Waals surface area contributed by atoms with Gasteiger partial charge in [-0.1, -0.05) is 42.1 Å². The number of amides is 1. The minimum atomic E-state index is -0.464. The highest BCUT2D eigenvalue weighted by atomic mass is 32.2. The van der Waals surface area contributed by atoms with Crippen molar-refractivity contribution < 1.29 is 14.5 Å². The number of carbonyl (C=O) groups excluding carboxylic acids is 1. The maximum absolute atomic E-state index is 12.5. The molecule has 3 aromatic carbocycles. The van der Waals surface area contributed by atoms with Crippen molar-refractivity contribution in [3.8, 4) is 5.75 Å². The highest BCUT2D eigenvalue weighted by Crippen LogP contribution is 2.28. The maximum Gasteiger partial charge on any atom is 0.269 e. The van der Waals surface area contributed by atoms with E-state index in [4.69, 9.17) is 4.74 Å². The number of nitro groups is 1. The number of anilines is 1. The number of benzene rings is 3. The Bertz CT molecular complexity index is 1400. The van der Waals surface area contributed by atoms with Crippen LogP contribution in [0.5, 0.6) is 5.75 Å². The number of nitrogens with zero attached hydrogens (tertiary/aromatic N) is 4. The van der Waals surface area contributed by atoms with Crippen molar-refractivity contribution in [3.05, 3.63) is 81.7 Å². The number of aromatic nitrogens is 3. The predicted octanol–water partition coefficient (Wildman–Crippen LogP) is 5.29. The van der Waals surface area contributed by atoms with E-state index in [2.05, 4.69) is 27.6 Å². The van der Waals surface area contributed by atoms with Crippen LogP contribution in [-0.4, -0.2) is 31.3 Å².